The van der Waals surface area contributed by atoms with E-state index in [2.05, 4.69) is 36.5 Å². The number of aromatic nitrogens is 3. The van der Waals surface area contributed by atoms with E-state index in [1.54, 1.807) is 0 Å². The highest BCUT2D eigenvalue weighted by Gasteiger charge is 2.26. The minimum Gasteiger partial charge on any atom is -0.336 e. The molecule has 0 atom stereocenters. The maximum Gasteiger partial charge on any atom is 0.227 e. The lowest BCUT2D eigenvalue weighted by atomic mass is 10.1. The van der Waals surface area contributed by atoms with E-state index in [-0.39, 0.29) is 5.91 Å². The van der Waals surface area contributed by atoms with Gasteiger partial charge in [-0.2, -0.15) is 0 Å². The van der Waals surface area contributed by atoms with Gasteiger partial charge in [0.05, 0.1) is 24.2 Å². The Labute approximate surface area is 153 Å². The van der Waals surface area contributed by atoms with Gasteiger partial charge >= 0.3 is 0 Å². The van der Waals surface area contributed by atoms with Crippen molar-refractivity contribution in [3.63, 3.8) is 0 Å². The Morgan fingerprint density at radius 2 is 2.08 bits per heavy atom. The minimum absolute atomic E-state index is 0.143. The molecule has 0 radical (unpaired) electrons. The summed E-state index contributed by atoms with van der Waals surface area (Å²) in [5.74, 6) is 1.63. The maximum absolute atomic E-state index is 12.8. The number of imidazole rings is 1. The standard InChI is InChI=1S/C21H24N4O/c1-14(2)21-23-18-13-25(9-8-19(18)24(21)3)20(26)11-15-10-16-6-4-5-7-17(16)22-12-15/h4-7,10,12,14H,8-9,11,13H2,1-3H3. The summed E-state index contributed by atoms with van der Waals surface area (Å²) in [6.45, 7) is 5.67. The number of benzene rings is 1. The molecular formula is C21H24N4O. The Kier molecular flexibility index (Phi) is 4.23. The average molecular weight is 348 g/mol. The fraction of sp³-hybridized carbons (Fsp3) is 0.381. The molecule has 5 nitrogen and oxygen atoms in total. The van der Waals surface area contributed by atoms with Crippen molar-refractivity contribution in [1.82, 2.24) is 19.4 Å². The number of fused-ring (bicyclic) bond motifs is 2. The molecule has 5 heteroatoms. The van der Waals surface area contributed by atoms with Gasteiger partial charge in [0.1, 0.15) is 5.82 Å². The van der Waals surface area contributed by atoms with Gasteiger partial charge in [0, 0.05) is 43.2 Å². The fourth-order valence-electron chi connectivity index (χ4n) is 3.78. The molecule has 3 aromatic rings. The normalized spacial score (nSPS) is 14.1. The topological polar surface area (TPSA) is 51.0 Å². The summed E-state index contributed by atoms with van der Waals surface area (Å²) in [5, 5.41) is 1.07. The zero-order chi connectivity index (χ0) is 18.3. The molecule has 0 saturated heterocycles. The van der Waals surface area contributed by atoms with Gasteiger partial charge in [0.15, 0.2) is 0 Å². The van der Waals surface area contributed by atoms with Crippen molar-refractivity contribution in [3.05, 3.63) is 59.3 Å². The first-order chi connectivity index (χ1) is 12.5. The van der Waals surface area contributed by atoms with E-state index >= 15 is 0 Å². The van der Waals surface area contributed by atoms with Crippen LogP contribution in [0.1, 0.15) is 42.5 Å². The molecule has 0 N–H and O–H groups in total. The molecule has 134 valence electrons. The lowest BCUT2D eigenvalue weighted by Gasteiger charge is -2.27. The summed E-state index contributed by atoms with van der Waals surface area (Å²) in [5.41, 5.74) is 4.24. The number of carbonyl (C=O) groups excluding carboxylic acids is 1. The van der Waals surface area contributed by atoms with Gasteiger partial charge in [-0.1, -0.05) is 32.0 Å². The largest absolute Gasteiger partial charge is 0.336 e. The van der Waals surface area contributed by atoms with Gasteiger partial charge in [-0.05, 0) is 17.7 Å². The first-order valence-corrected chi connectivity index (χ1v) is 9.18. The average Bonchev–Trinajstić information content (AvgIpc) is 2.98. The summed E-state index contributed by atoms with van der Waals surface area (Å²) < 4.78 is 2.20. The SMILES string of the molecule is CC(C)c1nc2c(n1C)CCN(C(=O)Cc1cnc3ccccc3c1)C2. The third kappa shape index (κ3) is 2.98. The first kappa shape index (κ1) is 16.8. The van der Waals surface area contributed by atoms with E-state index in [0.29, 0.717) is 18.9 Å². The summed E-state index contributed by atoms with van der Waals surface area (Å²) in [6.07, 6.45) is 3.07. The van der Waals surface area contributed by atoms with Crippen LogP contribution in [-0.4, -0.2) is 31.9 Å². The summed E-state index contributed by atoms with van der Waals surface area (Å²) >= 11 is 0. The van der Waals surface area contributed by atoms with Gasteiger partial charge in [0.2, 0.25) is 5.91 Å². The molecule has 0 unspecified atom stereocenters. The van der Waals surface area contributed by atoms with Crippen molar-refractivity contribution < 1.29 is 4.79 Å². The van der Waals surface area contributed by atoms with Crippen molar-refractivity contribution in [2.75, 3.05) is 6.54 Å². The molecule has 1 amide bonds. The number of carbonyl (C=O) groups is 1. The smallest absolute Gasteiger partial charge is 0.227 e. The number of nitrogens with zero attached hydrogens (tertiary/aromatic N) is 4. The van der Waals surface area contributed by atoms with Crippen LogP contribution < -0.4 is 0 Å². The molecule has 1 aliphatic rings. The van der Waals surface area contributed by atoms with Crippen LogP contribution >= 0.6 is 0 Å². The summed E-state index contributed by atoms with van der Waals surface area (Å²) in [4.78, 5) is 24.0. The second-order valence-corrected chi connectivity index (χ2v) is 7.36. The van der Waals surface area contributed by atoms with Gasteiger partial charge in [-0.3, -0.25) is 9.78 Å². The van der Waals surface area contributed by atoms with Gasteiger partial charge in [-0.15, -0.1) is 0 Å². The van der Waals surface area contributed by atoms with Crippen molar-refractivity contribution >= 4 is 16.8 Å². The van der Waals surface area contributed by atoms with E-state index in [4.69, 9.17) is 4.98 Å². The zero-order valence-corrected chi connectivity index (χ0v) is 15.6. The lowest BCUT2D eigenvalue weighted by Crippen LogP contribution is -2.37. The van der Waals surface area contributed by atoms with Crippen LogP contribution in [0.25, 0.3) is 10.9 Å². The molecule has 26 heavy (non-hydrogen) atoms. The molecule has 0 bridgehead atoms. The van der Waals surface area contributed by atoms with Crippen LogP contribution in [0.15, 0.2) is 36.5 Å². The minimum atomic E-state index is 0.143. The summed E-state index contributed by atoms with van der Waals surface area (Å²) in [6, 6.07) is 10.1. The van der Waals surface area contributed by atoms with Gasteiger partial charge in [-0.25, -0.2) is 4.98 Å². The second kappa shape index (κ2) is 6.56. The fourth-order valence-corrected chi connectivity index (χ4v) is 3.78. The van der Waals surface area contributed by atoms with Crippen molar-refractivity contribution in [1.29, 1.82) is 0 Å². The van der Waals surface area contributed by atoms with Crippen molar-refractivity contribution in [2.45, 2.75) is 39.2 Å². The second-order valence-electron chi connectivity index (χ2n) is 7.36. The van der Waals surface area contributed by atoms with E-state index < -0.39 is 0 Å². The lowest BCUT2D eigenvalue weighted by molar-refractivity contribution is -0.131. The number of hydrogen-bond acceptors (Lipinski definition) is 3. The highest BCUT2D eigenvalue weighted by molar-refractivity contribution is 5.82. The predicted molar refractivity (Wildman–Crippen MR) is 102 cm³/mol. The molecule has 4 rings (SSSR count). The van der Waals surface area contributed by atoms with E-state index in [1.807, 2.05) is 35.4 Å². The quantitative estimate of drug-likeness (QED) is 0.730. The molecule has 3 heterocycles. The van der Waals surface area contributed by atoms with Crippen LogP contribution in [-0.2, 0) is 31.2 Å². The number of pyridine rings is 1. The third-order valence-corrected chi connectivity index (χ3v) is 5.16. The van der Waals surface area contributed by atoms with Crippen LogP contribution in [0.4, 0.5) is 0 Å². The Morgan fingerprint density at radius 3 is 2.88 bits per heavy atom. The monoisotopic (exact) mass is 348 g/mol. The van der Waals surface area contributed by atoms with Crippen LogP contribution in [0.2, 0.25) is 0 Å². The maximum atomic E-state index is 12.8. The molecule has 0 fully saturated rings. The van der Waals surface area contributed by atoms with Gasteiger partial charge in [0.25, 0.3) is 0 Å². The zero-order valence-electron chi connectivity index (χ0n) is 15.6. The van der Waals surface area contributed by atoms with Crippen molar-refractivity contribution in [2.24, 2.45) is 7.05 Å². The molecule has 1 aliphatic heterocycles. The Hall–Kier alpha value is -2.69. The molecule has 0 aliphatic carbocycles. The van der Waals surface area contributed by atoms with Crippen LogP contribution in [0, 0.1) is 0 Å². The Bertz CT molecular complexity index is 973. The molecule has 0 spiro atoms. The summed E-state index contributed by atoms with van der Waals surface area (Å²) in [7, 11) is 2.08. The van der Waals surface area contributed by atoms with Gasteiger partial charge < -0.3 is 9.47 Å². The van der Waals surface area contributed by atoms with E-state index in [1.165, 1.54) is 5.69 Å². The first-order valence-electron chi connectivity index (χ1n) is 9.18. The molecule has 1 aromatic carbocycles. The molecule has 2 aromatic heterocycles. The van der Waals surface area contributed by atoms with Crippen LogP contribution in [0.5, 0.6) is 0 Å². The Balaban J connectivity index is 1.51. The highest BCUT2D eigenvalue weighted by atomic mass is 16.2. The van der Waals surface area contributed by atoms with Crippen LogP contribution in [0.3, 0.4) is 0 Å². The number of para-hydroxylation sites is 1. The van der Waals surface area contributed by atoms with E-state index in [9.17, 15) is 4.79 Å². The highest BCUT2D eigenvalue weighted by Crippen LogP contribution is 2.24. The van der Waals surface area contributed by atoms with Crippen molar-refractivity contribution in [3.8, 4) is 0 Å². The predicted octanol–water partition coefficient (Wildman–Crippen LogP) is 3.22. The number of rotatable bonds is 3. The number of amides is 1. The Morgan fingerprint density at radius 1 is 1.27 bits per heavy atom. The molecular weight excluding hydrogens is 324 g/mol. The third-order valence-electron chi connectivity index (χ3n) is 5.16. The number of hydrogen-bond donors (Lipinski definition) is 0. The van der Waals surface area contributed by atoms with E-state index in [0.717, 1.165) is 41.0 Å². The molecule has 0 saturated carbocycles.